The van der Waals surface area contributed by atoms with Gasteiger partial charge in [0, 0.05) is 6.42 Å². The summed E-state index contributed by atoms with van der Waals surface area (Å²) in [6, 6.07) is 11.0. The molecule has 1 aliphatic rings. The minimum absolute atomic E-state index is 0.125. The van der Waals surface area contributed by atoms with Gasteiger partial charge in [-0.1, -0.05) is 12.1 Å². The highest BCUT2D eigenvalue weighted by atomic mass is 19.1. The van der Waals surface area contributed by atoms with Crippen molar-refractivity contribution in [1.29, 1.82) is 0 Å². The summed E-state index contributed by atoms with van der Waals surface area (Å²) < 4.78 is 24.1. The predicted octanol–water partition coefficient (Wildman–Crippen LogP) is 3.04. The van der Waals surface area contributed by atoms with Crippen LogP contribution in [0.1, 0.15) is 21.5 Å². The van der Waals surface area contributed by atoms with Gasteiger partial charge in [0.25, 0.3) is 0 Å². The number of carbonyl (C=O) groups is 1. The number of aromatic carboxylic acids is 1. The fourth-order valence-corrected chi connectivity index (χ4v) is 2.44. The zero-order valence-electron chi connectivity index (χ0n) is 11.8. The Morgan fingerprint density at radius 2 is 2.05 bits per heavy atom. The van der Waals surface area contributed by atoms with Crippen molar-refractivity contribution in [2.24, 2.45) is 0 Å². The van der Waals surface area contributed by atoms with Gasteiger partial charge in [0.1, 0.15) is 17.7 Å². The maximum Gasteiger partial charge on any atom is 0.335 e. The lowest BCUT2D eigenvalue weighted by Crippen LogP contribution is -2.20. The molecule has 0 saturated carbocycles. The first kappa shape index (κ1) is 14.5. The Bertz CT molecular complexity index is 682. The van der Waals surface area contributed by atoms with E-state index in [-0.39, 0.29) is 17.5 Å². The van der Waals surface area contributed by atoms with E-state index in [9.17, 15) is 9.18 Å². The highest BCUT2D eigenvalue weighted by molar-refractivity contribution is 5.88. The number of benzene rings is 2. The second-order valence-corrected chi connectivity index (χ2v) is 5.21. The van der Waals surface area contributed by atoms with Crippen LogP contribution in [-0.2, 0) is 17.8 Å². The molecule has 0 bridgehead atoms. The first-order valence-electron chi connectivity index (χ1n) is 6.97. The predicted molar refractivity (Wildman–Crippen MR) is 77.6 cm³/mol. The van der Waals surface area contributed by atoms with Crippen LogP contribution in [0.3, 0.4) is 0 Å². The van der Waals surface area contributed by atoms with Gasteiger partial charge >= 0.3 is 5.97 Å². The van der Waals surface area contributed by atoms with Crippen LogP contribution in [0.25, 0.3) is 0 Å². The molecule has 3 rings (SSSR count). The van der Waals surface area contributed by atoms with Crippen LogP contribution < -0.4 is 4.74 Å². The summed E-state index contributed by atoms with van der Waals surface area (Å²) in [6.45, 7) is 0.783. The second kappa shape index (κ2) is 6.15. The summed E-state index contributed by atoms with van der Waals surface area (Å²) in [5, 5.41) is 8.98. The number of rotatable bonds is 5. The molecule has 5 heteroatoms. The highest BCUT2D eigenvalue weighted by Crippen LogP contribution is 2.29. The Balaban J connectivity index is 1.53. The third-order valence-electron chi connectivity index (χ3n) is 3.53. The fourth-order valence-electron chi connectivity index (χ4n) is 2.44. The molecule has 0 fully saturated rings. The van der Waals surface area contributed by atoms with E-state index in [1.54, 1.807) is 24.3 Å². The molecule has 0 saturated heterocycles. The van der Waals surface area contributed by atoms with Crippen molar-refractivity contribution in [3.63, 3.8) is 0 Å². The van der Waals surface area contributed by atoms with Gasteiger partial charge in [0.15, 0.2) is 0 Å². The number of ether oxygens (including phenoxy) is 2. The molecule has 2 aromatic carbocycles. The van der Waals surface area contributed by atoms with Gasteiger partial charge in [0.05, 0.1) is 18.8 Å². The molecule has 114 valence electrons. The van der Waals surface area contributed by atoms with Crippen molar-refractivity contribution < 1.29 is 23.8 Å². The summed E-state index contributed by atoms with van der Waals surface area (Å²) in [5.74, 6) is -0.508. The fraction of sp³-hybridized carbons (Fsp3) is 0.235. The summed E-state index contributed by atoms with van der Waals surface area (Å²) in [7, 11) is 0. The lowest BCUT2D eigenvalue weighted by Gasteiger charge is -2.11. The van der Waals surface area contributed by atoms with E-state index in [0.29, 0.717) is 25.4 Å². The molecule has 0 radical (unpaired) electrons. The van der Waals surface area contributed by atoms with Crippen molar-refractivity contribution in [2.45, 2.75) is 19.1 Å². The molecule has 0 aromatic heterocycles. The first-order chi connectivity index (χ1) is 10.6. The smallest absolute Gasteiger partial charge is 0.335 e. The minimum atomic E-state index is -0.946. The number of hydrogen-bond donors (Lipinski definition) is 1. The molecule has 4 nitrogen and oxygen atoms in total. The van der Waals surface area contributed by atoms with Crippen LogP contribution in [0.15, 0.2) is 42.5 Å². The Morgan fingerprint density at radius 1 is 1.27 bits per heavy atom. The van der Waals surface area contributed by atoms with E-state index in [0.717, 1.165) is 11.1 Å². The third kappa shape index (κ3) is 3.26. The maximum absolute atomic E-state index is 12.8. The Hall–Kier alpha value is -2.40. The van der Waals surface area contributed by atoms with Gasteiger partial charge in [-0.05, 0) is 41.5 Å². The molecular weight excluding hydrogens is 287 g/mol. The number of carboxylic acids is 1. The third-order valence-corrected chi connectivity index (χ3v) is 3.53. The Kier molecular flexibility index (Phi) is 4.06. The van der Waals surface area contributed by atoms with E-state index in [4.69, 9.17) is 14.6 Å². The summed E-state index contributed by atoms with van der Waals surface area (Å²) in [5.41, 5.74) is 2.04. The summed E-state index contributed by atoms with van der Waals surface area (Å²) in [6.07, 6.45) is 0.499. The number of carboxylic acid groups (broad SMARTS) is 1. The van der Waals surface area contributed by atoms with Crippen molar-refractivity contribution in [2.75, 3.05) is 6.61 Å². The van der Waals surface area contributed by atoms with E-state index in [2.05, 4.69) is 0 Å². The highest BCUT2D eigenvalue weighted by Gasteiger charge is 2.24. The summed E-state index contributed by atoms with van der Waals surface area (Å²) in [4.78, 5) is 10.9. The Labute approximate surface area is 127 Å². The molecule has 1 heterocycles. The van der Waals surface area contributed by atoms with Gasteiger partial charge in [-0.3, -0.25) is 0 Å². The standard InChI is InChI=1S/C17H15FO4/c18-14-4-1-11(2-5-14)9-21-10-15-8-13-7-12(17(19)20)3-6-16(13)22-15/h1-7,15H,8-10H2,(H,19,20). The molecule has 22 heavy (non-hydrogen) atoms. The van der Waals surface area contributed by atoms with Crippen LogP contribution in [0.4, 0.5) is 4.39 Å². The van der Waals surface area contributed by atoms with Crippen LogP contribution in [0, 0.1) is 5.82 Å². The topological polar surface area (TPSA) is 55.8 Å². The van der Waals surface area contributed by atoms with Gasteiger partial charge in [0.2, 0.25) is 0 Å². The lowest BCUT2D eigenvalue weighted by atomic mass is 10.1. The van der Waals surface area contributed by atoms with Gasteiger partial charge in [-0.2, -0.15) is 0 Å². The van der Waals surface area contributed by atoms with Crippen molar-refractivity contribution in [1.82, 2.24) is 0 Å². The molecule has 1 aliphatic heterocycles. The first-order valence-corrected chi connectivity index (χ1v) is 6.97. The second-order valence-electron chi connectivity index (χ2n) is 5.21. The Morgan fingerprint density at radius 3 is 2.77 bits per heavy atom. The SMILES string of the molecule is O=C(O)c1ccc2c(c1)CC(COCc1ccc(F)cc1)O2. The normalized spacial score (nSPS) is 16.1. The van der Waals surface area contributed by atoms with Crippen LogP contribution >= 0.6 is 0 Å². The minimum Gasteiger partial charge on any atom is -0.487 e. The quantitative estimate of drug-likeness (QED) is 0.922. The summed E-state index contributed by atoms with van der Waals surface area (Å²) >= 11 is 0. The van der Waals surface area contributed by atoms with Gasteiger partial charge < -0.3 is 14.6 Å². The molecule has 1 N–H and O–H groups in total. The average Bonchev–Trinajstić information content (AvgIpc) is 2.91. The molecule has 1 atom stereocenters. The van der Waals surface area contributed by atoms with Crippen LogP contribution in [0.5, 0.6) is 5.75 Å². The number of halogens is 1. The lowest BCUT2D eigenvalue weighted by molar-refractivity contribution is 0.0510. The maximum atomic E-state index is 12.8. The van der Waals surface area contributed by atoms with Crippen molar-refractivity contribution >= 4 is 5.97 Å². The zero-order chi connectivity index (χ0) is 15.5. The monoisotopic (exact) mass is 302 g/mol. The van der Waals surface area contributed by atoms with E-state index in [1.165, 1.54) is 18.2 Å². The van der Waals surface area contributed by atoms with Crippen LogP contribution in [-0.4, -0.2) is 23.8 Å². The largest absolute Gasteiger partial charge is 0.487 e. The zero-order valence-corrected chi connectivity index (χ0v) is 11.8. The van der Waals surface area contributed by atoms with E-state index < -0.39 is 5.97 Å². The van der Waals surface area contributed by atoms with Gasteiger partial charge in [-0.25, -0.2) is 9.18 Å². The molecule has 0 spiro atoms. The van der Waals surface area contributed by atoms with Crippen LogP contribution in [0.2, 0.25) is 0 Å². The van der Waals surface area contributed by atoms with Crippen molar-refractivity contribution in [3.05, 3.63) is 65.0 Å². The van der Waals surface area contributed by atoms with E-state index >= 15 is 0 Å². The van der Waals surface area contributed by atoms with E-state index in [1.807, 2.05) is 0 Å². The number of hydrogen-bond acceptors (Lipinski definition) is 3. The molecule has 0 aliphatic carbocycles. The molecular formula is C17H15FO4. The molecule has 2 aromatic rings. The van der Waals surface area contributed by atoms with Gasteiger partial charge in [-0.15, -0.1) is 0 Å². The molecule has 0 amide bonds. The average molecular weight is 302 g/mol. The van der Waals surface area contributed by atoms with Crippen molar-refractivity contribution in [3.8, 4) is 5.75 Å². The molecule has 1 unspecified atom stereocenters. The number of fused-ring (bicyclic) bond motifs is 1.